The quantitative estimate of drug-likeness (QED) is 0.769. The second-order valence-electron chi connectivity index (χ2n) is 4.20. The predicted octanol–water partition coefficient (Wildman–Crippen LogP) is 1.66. The third-order valence-corrected chi connectivity index (χ3v) is 2.85. The van der Waals surface area contributed by atoms with Crippen molar-refractivity contribution in [3.8, 4) is 5.75 Å². The Morgan fingerprint density at radius 3 is 2.83 bits per heavy atom. The Morgan fingerprint density at radius 1 is 1.44 bits per heavy atom. The van der Waals surface area contributed by atoms with Gasteiger partial charge in [0.1, 0.15) is 5.75 Å². The first-order valence-electron chi connectivity index (χ1n) is 5.64. The number of benzene rings is 1. The molecule has 0 unspecified atom stereocenters. The van der Waals surface area contributed by atoms with E-state index < -0.39 is 0 Å². The monoisotopic (exact) mass is 245 g/mol. The van der Waals surface area contributed by atoms with Crippen molar-refractivity contribution in [2.75, 3.05) is 0 Å². The largest absolute Gasteiger partial charge is 0.508 e. The second kappa shape index (κ2) is 4.91. The summed E-state index contributed by atoms with van der Waals surface area (Å²) in [5.74, 6) is -0.0898. The van der Waals surface area contributed by atoms with Crippen LogP contribution in [0, 0.1) is 13.8 Å². The molecule has 5 nitrogen and oxygen atoms in total. The van der Waals surface area contributed by atoms with Crippen LogP contribution >= 0.6 is 0 Å². The van der Waals surface area contributed by atoms with E-state index in [1.54, 1.807) is 25.3 Å². The molecule has 0 atom stereocenters. The van der Waals surface area contributed by atoms with Gasteiger partial charge in [0.05, 0.1) is 6.20 Å². The number of rotatable bonds is 3. The minimum absolute atomic E-state index is 0.127. The van der Waals surface area contributed by atoms with Crippen LogP contribution in [0.1, 0.15) is 27.2 Å². The van der Waals surface area contributed by atoms with E-state index in [4.69, 9.17) is 0 Å². The van der Waals surface area contributed by atoms with Crippen LogP contribution < -0.4 is 5.32 Å². The zero-order chi connectivity index (χ0) is 13.1. The van der Waals surface area contributed by atoms with Gasteiger partial charge in [0, 0.05) is 23.4 Å². The van der Waals surface area contributed by atoms with Crippen LogP contribution in [0.25, 0.3) is 0 Å². The highest BCUT2D eigenvalue weighted by molar-refractivity contribution is 5.94. The second-order valence-corrected chi connectivity index (χ2v) is 4.20. The predicted molar refractivity (Wildman–Crippen MR) is 67.3 cm³/mol. The maximum atomic E-state index is 11.9. The van der Waals surface area contributed by atoms with Crippen LogP contribution in [0.5, 0.6) is 5.75 Å². The van der Waals surface area contributed by atoms with Gasteiger partial charge in [0.15, 0.2) is 0 Å². The van der Waals surface area contributed by atoms with Gasteiger partial charge in [-0.15, -0.1) is 0 Å². The van der Waals surface area contributed by atoms with Gasteiger partial charge in [-0.1, -0.05) is 6.07 Å². The van der Waals surface area contributed by atoms with Crippen molar-refractivity contribution in [3.05, 3.63) is 46.8 Å². The van der Waals surface area contributed by atoms with Gasteiger partial charge in [-0.2, -0.15) is 5.10 Å². The molecule has 1 amide bonds. The number of nitrogens with one attached hydrogen (secondary N) is 2. The van der Waals surface area contributed by atoms with Crippen LogP contribution in [0.3, 0.4) is 0 Å². The lowest BCUT2D eigenvalue weighted by molar-refractivity contribution is 0.0950. The number of carbonyl (C=O) groups is 1. The Labute approximate surface area is 105 Å². The van der Waals surface area contributed by atoms with Gasteiger partial charge in [-0.05, 0) is 31.5 Å². The van der Waals surface area contributed by atoms with E-state index in [0.29, 0.717) is 12.1 Å². The number of nitrogens with zero attached hydrogens (tertiary/aromatic N) is 1. The number of amides is 1. The van der Waals surface area contributed by atoms with E-state index in [2.05, 4.69) is 15.5 Å². The highest BCUT2D eigenvalue weighted by atomic mass is 16.3. The lowest BCUT2D eigenvalue weighted by atomic mass is 10.1. The first kappa shape index (κ1) is 12.2. The molecule has 0 bridgehead atoms. The summed E-state index contributed by atoms with van der Waals surface area (Å²) in [4.78, 5) is 11.9. The molecule has 0 fully saturated rings. The summed E-state index contributed by atoms with van der Waals surface area (Å²) in [6, 6.07) is 4.87. The average Bonchev–Trinajstić information content (AvgIpc) is 2.75. The lowest BCUT2D eigenvalue weighted by Gasteiger charge is -2.06. The molecule has 2 aromatic rings. The number of H-pyrrole nitrogens is 1. The number of aromatic hydroxyl groups is 1. The van der Waals surface area contributed by atoms with E-state index in [1.165, 1.54) is 6.07 Å². The number of hydrogen-bond acceptors (Lipinski definition) is 3. The summed E-state index contributed by atoms with van der Waals surface area (Å²) in [6.07, 6.45) is 1.68. The Morgan fingerprint density at radius 2 is 2.22 bits per heavy atom. The Kier molecular flexibility index (Phi) is 3.32. The molecule has 0 aliphatic heterocycles. The summed E-state index contributed by atoms with van der Waals surface area (Å²) < 4.78 is 0. The molecule has 0 spiro atoms. The molecule has 1 aromatic carbocycles. The molecule has 94 valence electrons. The van der Waals surface area contributed by atoms with Crippen LogP contribution in [-0.2, 0) is 6.54 Å². The number of hydrogen-bond donors (Lipinski definition) is 3. The van der Waals surface area contributed by atoms with Gasteiger partial charge in [0.2, 0.25) is 0 Å². The molecule has 5 heteroatoms. The molecule has 1 aromatic heterocycles. The van der Waals surface area contributed by atoms with Crippen molar-refractivity contribution in [1.29, 1.82) is 0 Å². The standard InChI is InChI=1S/C13H15N3O2/c1-8-3-4-10(5-12(8)17)13(18)14-6-11-7-15-16-9(11)2/h3-5,7,17H,6H2,1-2H3,(H,14,18)(H,15,16). The summed E-state index contributed by atoms with van der Waals surface area (Å²) in [7, 11) is 0. The summed E-state index contributed by atoms with van der Waals surface area (Å²) in [6.45, 7) is 4.09. The third kappa shape index (κ3) is 2.51. The van der Waals surface area contributed by atoms with Crippen LogP contribution in [0.4, 0.5) is 0 Å². The number of aromatic nitrogens is 2. The molecule has 0 saturated heterocycles. The molecule has 2 rings (SSSR count). The first-order chi connectivity index (χ1) is 8.58. The first-order valence-corrected chi connectivity index (χ1v) is 5.64. The fourth-order valence-corrected chi connectivity index (χ4v) is 1.58. The van der Waals surface area contributed by atoms with Crippen LogP contribution in [-0.4, -0.2) is 21.2 Å². The number of aryl methyl sites for hydroxylation is 2. The normalized spacial score (nSPS) is 10.3. The summed E-state index contributed by atoms with van der Waals surface area (Å²) in [5, 5.41) is 19.0. The SMILES string of the molecule is Cc1ccc(C(=O)NCc2cn[nH]c2C)cc1O. The third-order valence-electron chi connectivity index (χ3n) is 2.85. The minimum Gasteiger partial charge on any atom is -0.508 e. The fraction of sp³-hybridized carbons (Fsp3) is 0.231. The topological polar surface area (TPSA) is 78.0 Å². The van der Waals surface area contributed by atoms with Crippen molar-refractivity contribution in [2.24, 2.45) is 0 Å². The summed E-state index contributed by atoms with van der Waals surface area (Å²) in [5.41, 5.74) is 3.07. The number of carbonyl (C=O) groups excluding carboxylic acids is 1. The average molecular weight is 245 g/mol. The van der Waals surface area contributed by atoms with Gasteiger partial charge in [-0.3, -0.25) is 9.89 Å². The molecule has 0 radical (unpaired) electrons. The molecule has 3 N–H and O–H groups in total. The van der Waals surface area contributed by atoms with E-state index in [-0.39, 0.29) is 11.7 Å². The highest BCUT2D eigenvalue weighted by Crippen LogP contribution is 2.17. The molecule has 0 saturated carbocycles. The van der Waals surface area contributed by atoms with Gasteiger partial charge < -0.3 is 10.4 Å². The van der Waals surface area contributed by atoms with E-state index in [0.717, 1.165) is 16.8 Å². The maximum absolute atomic E-state index is 11.9. The lowest BCUT2D eigenvalue weighted by Crippen LogP contribution is -2.22. The van der Waals surface area contributed by atoms with Gasteiger partial charge in [-0.25, -0.2) is 0 Å². The zero-order valence-corrected chi connectivity index (χ0v) is 10.3. The minimum atomic E-state index is -0.217. The number of phenols is 1. The Hall–Kier alpha value is -2.30. The zero-order valence-electron chi connectivity index (χ0n) is 10.3. The van der Waals surface area contributed by atoms with Crippen molar-refractivity contribution >= 4 is 5.91 Å². The van der Waals surface area contributed by atoms with E-state index in [9.17, 15) is 9.90 Å². The molecule has 1 heterocycles. The number of phenolic OH excluding ortho intramolecular Hbond substituents is 1. The Balaban J connectivity index is 2.04. The van der Waals surface area contributed by atoms with Crippen molar-refractivity contribution in [2.45, 2.75) is 20.4 Å². The van der Waals surface area contributed by atoms with Crippen LogP contribution in [0.15, 0.2) is 24.4 Å². The molecule has 0 aliphatic rings. The summed E-state index contributed by atoms with van der Waals surface area (Å²) >= 11 is 0. The molecular formula is C13H15N3O2. The van der Waals surface area contributed by atoms with E-state index in [1.807, 2.05) is 6.92 Å². The molecular weight excluding hydrogens is 230 g/mol. The smallest absolute Gasteiger partial charge is 0.251 e. The van der Waals surface area contributed by atoms with Crippen LogP contribution in [0.2, 0.25) is 0 Å². The van der Waals surface area contributed by atoms with Crippen molar-refractivity contribution in [1.82, 2.24) is 15.5 Å². The maximum Gasteiger partial charge on any atom is 0.251 e. The molecule has 18 heavy (non-hydrogen) atoms. The van der Waals surface area contributed by atoms with E-state index >= 15 is 0 Å². The number of aromatic amines is 1. The van der Waals surface area contributed by atoms with Gasteiger partial charge >= 0.3 is 0 Å². The highest BCUT2D eigenvalue weighted by Gasteiger charge is 2.08. The van der Waals surface area contributed by atoms with Crippen molar-refractivity contribution in [3.63, 3.8) is 0 Å². The van der Waals surface area contributed by atoms with Gasteiger partial charge in [0.25, 0.3) is 5.91 Å². The Bertz CT molecular complexity index is 575. The van der Waals surface area contributed by atoms with Crippen molar-refractivity contribution < 1.29 is 9.90 Å². The fourth-order valence-electron chi connectivity index (χ4n) is 1.58. The molecule has 0 aliphatic carbocycles.